The Balaban J connectivity index is 1.96. The van der Waals surface area contributed by atoms with Crippen molar-refractivity contribution in [2.45, 2.75) is 24.5 Å². The van der Waals surface area contributed by atoms with Gasteiger partial charge in [-0.1, -0.05) is 24.3 Å². The van der Waals surface area contributed by atoms with Crippen molar-refractivity contribution in [1.82, 2.24) is 0 Å². The largest absolute Gasteiger partial charge is 0.469 e. The van der Waals surface area contributed by atoms with E-state index in [4.69, 9.17) is 14.2 Å². The zero-order chi connectivity index (χ0) is 12.6. The summed E-state index contributed by atoms with van der Waals surface area (Å²) in [6, 6.07) is 8.10. The Kier molecular flexibility index (Phi) is 2.84. The van der Waals surface area contributed by atoms with Crippen LogP contribution in [0.1, 0.15) is 23.5 Å². The van der Waals surface area contributed by atoms with Gasteiger partial charge in [0.1, 0.15) is 0 Å². The fourth-order valence-corrected chi connectivity index (χ4v) is 2.95. The molecule has 0 N–H and O–H groups in total. The molecule has 1 aromatic carbocycles. The number of carbonyl (C=O) groups excluding carboxylic acids is 1. The molecule has 2 aliphatic rings. The highest BCUT2D eigenvalue weighted by molar-refractivity contribution is 5.71. The first kappa shape index (κ1) is 11.7. The summed E-state index contributed by atoms with van der Waals surface area (Å²) < 4.78 is 16.4. The van der Waals surface area contributed by atoms with E-state index in [-0.39, 0.29) is 11.9 Å². The first-order valence-electron chi connectivity index (χ1n) is 6.18. The van der Waals surface area contributed by atoms with Gasteiger partial charge < -0.3 is 14.2 Å². The molecule has 18 heavy (non-hydrogen) atoms. The Labute approximate surface area is 106 Å². The normalized spacial score (nSPS) is 24.2. The lowest BCUT2D eigenvalue weighted by Gasteiger charge is -2.29. The van der Waals surface area contributed by atoms with Crippen molar-refractivity contribution in [2.24, 2.45) is 0 Å². The topological polar surface area (TPSA) is 44.8 Å². The third kappa shape index (κ3) is 1.72. The van der Waals surface area contributed by atoms with Crippen LogP contribution in [0, 0.1) is 0 Å². The Bertz CT molecular complexity index is 463. The van der Waals surface area contributed by atoms with Crippen LogP contribution in [-0.2, 0) is 25.4 Å². The molecule has 4 nitrogen and oxygen atoms in total. The molecule has 4 heteroatoms. The second-order valence-electron chi connectivity index (χ2n) is 4.72. The summed E-state index contributed by atoms with van der Waals surface area (Å²) >= 11 is 0. The van der Waals surface area contributed by atoms with Crippen LogP contribution in [0.3, 0.4) is 0 Å². The minimum Gasteiger partial charge on any atom is -0.469 e. The highest BCUT2D eigenvalue weighted by atomic mass is 16.7. The molecule has 1 aromatic rings. The average Bonchev–Trinajstić information content (AvgIpc) is 2.97. The molecule has 0 saturated carbocycles. The molecule has 96 valence electrons. The average molecular weight is 248 g/mol. The second-order valence-corrected chi connectivity index (χ2v) is 4.72. The van der Waals surface area contributed by atoms with Crippen LogP contribution in [-0.4, -0.2) is 32.1 Å². The third-order valence-corrected chi connectivity index (χ3v) is 3.77. The molecule has 1 spiro atoms. The van der Waals surface area contributed by atoms with Gasteiger partial charge in [-0.2, -0.15) is 0 Å². The van der Waals surface area contributed by atoms with E-state index in [0.717, 1.165) is 5.56 Å². The van der Waals surface area contributed by atoms with Crippen molar-refractivity contribution in [1.29, 1.82) is 0 Å². The van der Waals surface area contributed by atoms with E-state index < -0.39 is 5.79 Å². The van der Waals surface area contributed by atoms with Crippen molar-refractivity contribution in [2.75, 3.05) is 20.3 Å². The molecule has 0 amide bonds. The molecule has 1 aliphatic heterocycles. The fourth-order valence-electron chi connectivity index (χ4n) is 2.95. The summed E-state index contributed by atoms with van der Waals surface area (Å²) in [7, 11) is 1.41. The summed E-state index contributed by atoms with van der Waals surface area (Å²) in [5.74, 6) is -0.948. The number of hydrogen-bond donors (Lipinski definition) is 0. The van der Waals surface area contributed by atoms with Crippen LogP contribution in [0.4, 0.5) is 0 Å². The van der Waals surface area contributed by atoms with E-state index in [1.807, 2.05) is 18.2 Å². The van der Waals surface area contributed by atoms with Gasteiger partial charge in [-0.25, -0.2) is 0 Å². The highest BCUT2D eigenvalue weighted by Gasteiger charge is 2.51. The van der Waals surface area contributed by atoms with E-state index in [2.05, 4.69) is 6.07 Å². The van der Waals surface area contributed by atoms with Crippen molar-refractivity contribution < 1.29 is 19.0 Å². The minimum atomic E-state index is -0.655. The quantitative estimate of drug-likeness (QED) is 0.746. The molecule has 1 fully saturated rings. The van der Waals surface area contributed by atoms with Crippen molar-refractivity contribution >= 4 is 5.97 Å². The number of fused-ring (bicyclic) bond motifs is 1. The summed E-state index contributed by atoms with van der Waals surface area (Å²) in [6.45, 7) is 1.18. The SMILES string of the molecule is COC(=O)CC1c2ccccc2CC12OCCO2. The first-order valence-corrected chi connectivity index (χ1v) is 6.18. The molecule has 1 aliphatic carbocycles. The number of carbonyl (C=O) groups is 1. The molecule has 0 radical (unpaired) electrons. The van der Waals surface area contributed by atoms with Crippen LogP contribution in [0.15, 0.2) is 24.3 Å². The van der Waals surface area contributed by atoms with E-state index in [1.165, 1.54) is 12.7 Å². The number of rotatable bonds is 2. The van der Waals surface area contributed by atoms with E-state index in [1.54, 1.807) is 0 Å². The Morgan fingerprint density at radius 3 is 2.83 bits per heavy atom. The number of hydrogen-bond acceptors (Lipinski definition) is 4. The maximum atomic E-state index is 11.6. The zero-order valence-corrected chi connectivity index (χ0v) is 10.3. The van der Waals surface area contributed by atoms with Crippen LogP contribution >= 0.6 is 0 Å². The number of methoxy groups -OCH3 is 1. The summed E-state index contributed by atoms with van der Waals surface area (Å²) in [5, 5.41) is 0. The van der Waals surface area contributed by atoms with Crippen molar-refractivity contribution in [3.05, 3.63) is 35.4 Å². The fraction of sp³-hybridized carbons (Fsp3) is 0.500. The molecule has 1 atom stereocenters. The third-order valence-electron chi connectivity index (χ3n) is 3.77. The van der Waals surface area contributed by atoms with E-state index in [9.17, 15) is 4.79 Å². The minimum absolute atomic E-state index is 0.0661. The molecular weight excluding hydrogens is 232 g/mol. The van der Waals surface area contributed by atoms with Gasteiger partial charge in [0.2, 0.25) is 0 Å². The highest BCUT2D eigenvalue weighted by Crippen LogP contribution is 2.47. The number of ether oxygens (including phenoxy) is 3. The molecular formula is C14H16O4. The lowest BCUT2D eigenvalue weighted by atomic mass is 9.94. The molecule has 1 heterocycles. The van der Waals surface area contributed by atoms with Crippen LogP contribution in [0.2, 0.25) is 0 Å². The van der Waals surface area contributed by atoms with Gasteiger partial charge in [-0.3, -0.25) is 4.79 Å². The second kappa shape index (κ2) is 4.37. The smallest absolute Gasteiger partial charge is 0.306 e. The maximum Gasteiger partial charge on any atom is 0.306 e. The van der Waals surface area contributed by atoms with Crippen LogP contribution < -0.4 is 0 Å². The van der Waals surface area contributed by atoms with Gasteiger partial charge in [0.05, 0.1) is 26.7 Å². The summed E-state index contributed by atoms with van der Waals surface area (Å²) in [4.78, 5) is 11.6. The maximum absolute atomic E-state index is 11.6. The molecule has 3 rings (SSSR count). The Morgan fingerprint density at radius 1 is 1.39 bits per heavy atom. The Morgan fingerprint density at radius 2 is 2.11 bits per heavy atom. The zero-order valence-electron chi connectivity index (χ0n) is 10.3. The predicted octanol–water partition coefficient (Wildman–Crippen LogP) is 1.63. The van der Waals surface area contributed by atoms with Gasteiger partial charge in [0, 0.05) is 12.3 Å². The van der Waals surface area contributed by atoms with Crippen molar-refractivity contribution in [3.63, 3.8) is 0 Å². The van der Waals surface area contributed by atoms with Crippen LogP contribution in [0.5, 0.6) is 0 Å². The molecule has 1 unspecified atom stereocenters. The van der Waals surface area contributed by atoms with Gasteiger partial charge in [-0.05, 0) is 11.1 Å². The number of esters is 1. The molecule has 0 bridgehead atoms. The van der Waals surface area contributed by atoms with Crippen LogP contribution in [0.25, 0.3) is 0 Å². The predicted molar refractivity (Wildman–Crippen MR) is 64.2 cm³/mol. The monoisotopic (exact) mass is 248 g/mol. The summed E-state index contributed by atoms with van der Waals surface area (Å²) in [6.07, 6.45) is 1.01. The van der Waals surface area contributed by atoms with Gasteiger partial charge >= 0.3 is 5.97 Å². The Hall–Kier alpha value is -1.39. The van der Waals surface area contributed by atoms with E-state index in [0.29, 0.717) is 26.1 Å². The lowest BCUT2D eigenvalue weighted by Crippen LogP contribution is -2.36. The van der Waals surface area contributed by atoms with Crippen molar-refractivity contribution in [3.8, 4) is 0 Å². The molecule has 0 aromatic heterocycles. The lowest BCUT2D eigenvalue weighted by molar-refractivity contribution is -0.174. The van der Waals surface area contributed by atoms with Gasteiger partial charge in [-0.15, -0.1) is 0 Å². The standard InChI is InChI=1S/C14H16O4/c1-16-13(15)8-12-11-5-3-2-4-10(11)9-14(12)17-6-7-18-14/h2-5,12H,6-9H2,1H3. The van der Waals surface area contributed by atoms with Gasteiger partial charge in [0.25, 0.3) is 0 Å². The summed E-state index contributed by atoms with van der Waals surface area (Å²) in [5.41, 5.74) is 2.35. The van der Waals surface area contributed by atoms with E-state index >= 15 is 0 Å². The number of benzene rings is 1. The first-order chi connectivity index (χ1) is 8.75. The molecule has 1 saturated heterocycles. The van der Waals surface area contributed by atoms with Gasteiger partial charge in [0.15, 0.2) is 5.79 Å².